The molecule has 2 rings (SSSR count). The number of thiazole rings is 1. The van der Waals surface area contributed by atoms with Crippen molar-refractivity contribution in [2.24, 2.45) is 5.73 Å². The predicted octanol–water partition coefficient (Wildman–Crippen LogP) is 4.14. The van der Waals surface area contributed by atoms with Crippen LogP contribution in [0.2, 0.25) is 0 Å². The van der Waals surface area contributed by atoms with Gasteiger partial charge in [-0.05, 0) is 19.8 Å². The van der Waals surface area contributed by atoms with Gasteiger partial charge in [0.1, 0.15) is 5.01 Å². The van der Waals surface area contributed by atoms with Crippen molar-refractivity contribution in [1.82, 2.24) is 10.3 Å². The topological polar surface area (TPSA) is 68.0 Å². The number of carbonyl (C=O) groups is 1. The van der Waals surface area contributed by atoms with Crippen LogP contribution in [0.1, 0.15) is 37.9 Å². The van der Waals surface area contributed by atoms with E-state index in [1.807, 2.05) is 5.38 Å². The van der Waals surface area contributed by atoms with Crippen LogP contribution in [0.4, 0.5) is 0 Å². The Morgan fingerprint density at radius 1 is 1.20 bits per heavy atom. The number of halogens is 2. The van der Waals surface area contributed by atoms with Crippen molar-refractivity contribution in [2.45, 2.75) is 45.6 Å². The SMILES string of the molecule is CCC(CC)(CN)NC(=O)Cc1csc(-c2ccc(C)cc2)n1.Cl.Cl. The Balaban J connectivity index is 0.00000288. The standard InChI is InChI=1S/C18H25N3OS.2ClH/c1-4-18(5-2,12-19)21-16(22)10-15-11-23-17(20-15)14-8-6-13(3)7-9-14;;/h6-9,11H,4-5,10,12,19H2,1-3H3,(H,21,22);2*1H. The molecule has 0 aliphatic rings. The van der Waals surface area contributed by atoms with Gasteiger partial charge in [0, 0.05) is 17.5 Å². The van der Waals surface area contributed by atoms with E-state index in [0.717, 1.165) is 29.1 Å². The number of nitrogens with two attached hydrogens (primary N) is 1. The molecule has 0 fully saturated rings. The lowest BCUT2D eigenvalue weighted by molar-refractivity contribution is -0.122. The molecule has 2 aromatic rings. The number of hydrogen-bond acceptors (Lipinski definition) is 4. The minimum absolute atomic E-state index is 0. The number of rotatable bonds is 7. The summed E-state index contributed by atoms with van der Waals surface area (Å²) in [6.07, 6.45) is 1.96. The molecule has 140 valence electrons. The van der Waals surface area contributed by atoms with Crippen LogP contribution in [0.3, 0.4) is 0 Å². The molecule has 7 heteroatoms. The van der Waals surface area contributed by atoms with Gasteiger partial charge in [0.25, 0.3) is 0 Å². The van der Waals surface area contributed by atoms with E-state index >= 15 is 0 Å². The Labute approximate surface area is 166 Å². The second-order valence-electron chi connectivity index (χ2n) is 5.93. The molecule has 1 amide bonds. The monoisotopic (exact) mass is 403 g/mol. The highest BCUT2D eigenvalue weighted by molar-refractivity contribution is 7.13. The van der Waals surface area contributed by atoms with Crippen LogP contribution in [0.5, 0.6) is 0 Å². The van der Waals surface area contributed by atoms with Crippen LogP contribution in [-0.2, 0) is 11.2 Å². The summed E-state index contributed by atoms with van der Waals surface area (Å²) in [4.78, 5) is 16.9. The van der Waals surface area contributed by atoms with Gasteiger partial charge in [-0.1, -0.05) is 43.7 Å². The smallest absolute Gasteiger partial charge is 0.226 e. The van der Waals surface area contributed by atoms with Crippen LogP contribution in [-0.4, -0.2) is 23.0 Å². The lowest BCUT2D eigenvalue weighted by atomic mass is 9.92. The van der Waals surface area contributed by atoms with Crippen molar-refractivity contribution in [3.8, 4) is 10.6 Å². The van der Waals surface area contributed by atoms with Crippen molar-refractivity contribution in [1.29, 1.82) is 0 Å². The lowest BCUT2D eigenvalue weighted by Crippen LogP contribution is -2.53. The minimum Gasteiger partial charge on any atom is -0.349 e. The normalized spacial score (nSPS) is 10.6. The van der Waals surface area contributed by atoms with Crippen LogP contribution in [0.15, 0.2) is 29.6 Å². The van der Waals surface area contributed by atoms with Crippen molar-refractivity contribution in [3.05, 3.63) is 40.9 Å². The number of benzene rings is 1. The van der Waals surface area contributed by atoms with Crippen molar-refractivity contribution in [2.75, 3.05) is 6.54 Å². The average Bonchev–Trinajstić information content (AvgIpc) is 3.02. The summed E-state index contributed by atoms with van der Waals surface area (Å²) in [5.74, 6) is -0.0140. The van der Waals surface area contributed by atoms with E-state index in [4.69, 9.17) is 5.73 Å². The molecule has 0 atom stereocenters. The molecule has 0 spiro atoms. The van der Waals surface area contributed by atoms with Crippen LogP contribution < -0.4 is 11.1 Å². The average molecular weight is 404 g/mol. The number of nitrogens with one attached hydrogen (secondary N) is 1. The number of carbonyl (C=O) groups excluding carboxylic acids is 1. The molecule has 0 bridgehead atoms. The van der Waals surface area contributed by atoms with Crippen LogP contribution in [0.25, 0.3) is 10.6 Å². The van der Waals surface area contributed by atoms with Gasteiger partial charge in [-0.15, -0.1) is 36.2 Å². The fourth-order valence-electron chi connectivity index (χ4n) is 2.49. The summed E-state index contributed by atoms with van der Waals surface area (Å²) < 4.78 is 0. The Bertz CT molecular complexity index is 646. The van der Waals surface area contributed by atoms with Gasteiger partial charge >= 0.3 is 0 Å². The van der Waals surface area contributed by atoms with Gasteiger partial charge < -0.3 is 11.1 Å². The second-order valence-corrected chi connectivity index (χ2v) is 6.78. The summed E-state index contributed by atoms with van der Waals surface area (Å²) in [5.41, 5.74) is 8.66. The minimum atomic E-state index is -0.299. The first kappa shape index (κ1) is 23.9. The summed E-state index contributed by atoms with van der Waals surface area (Å²) in [5, 5.41) is 5.99. The number of hydrogen-bond donors (Lipinski definition) is 2. The number of aromatic nitrogens is 1. The molecule has 0 unspecified atom stereocenters. The maximum atomic E-state index is 12.3. The molecule has 3 N–H and O–H groups in total. The summed E-state index contributed by atoms with van der Waals surface area (Å²) in [7, 11) is 0. The van der Waals surface area contributed by atoms with Gasteiger partial charge in [-0.25, -0.2) is 4.98 Å². The molecule has 1 heterocycles. The van der Waals surface area contributed by atoms with Crippen molar-refractivity contribution < 1.29 is 4.79 Å². The lowest BCUT2D eigenvalue weighted by Gasteiger charge is -2.31. The van der Waals surface area contributed by atoms with Gasteiger partial charge in [-0.2, -0.15) is 0 Å². The zero-order chi connectivity index (χ0) is 16.9. The first-order valence-electron chi connectivity index (χ1n) is 8.04. The van der Waals surface area contributed by atoms with E-state index in [-0.39, 0.29) is 36.3 Å². The summed E-state index contributed by atoms with van der Waals surface area (Å²) >= 11 is 1.57. The summed E-state index contributed by atoms with van der Waals surface area (Å²) in [6.45, 7) is 6.62. The van der Waals surface area contributed by atoms with E-state index in [2.05, 4.69) is 55.3 Å². The Morgan fingerprint density at radius 2 is 1.80 bits per heavy atom. The maximum absolute atomic E-state index is 12.3. The van der Waals surface area contributed by atoms with Gasteiger partial charge in [0.2, 0.25) is 5.91 Å². The van der Waals surface area contributed by atoms with Gasteiger partial charge in [0.05, 0.1) is 17.7 Å². The van der Waals surface area contributed by atoms with Crippen LogP contribution in [0, 0.1) is 6.92 Å². The van der Waals surface area contributed by atoms with Crippen molar-refractivity contribution in [3.63, 3.8) is 0 Å². The maximum Gasteiger partial charge on any atom is 0.226 e. The highest BCUT2D eigenvalue weighted by atomic mass is 35.5. The highest BCUT2D eigenvalue weighted by Gasteiger charge is 2.26. The zero-order valence-electron chi connectivity index (χ0n) is 14.9. The third kappa shape index (κ3) is 6.26. The predicted molar refractivity (Wildman–Crippen MR) is 111 cm³/mol. The van der Waals surface area contributed by atoms with Crippen LogP contribution >= 0.6 is 36.2 Å². The first-order valence-corrected chi connectivity index (χ1v) is 8.92. The Hall–Kier alpha value is -1.14. The Kier molecular flexibility index (Phi) is 10.3. The number of aryl methyl sites for hydroxylation is 1. The molecular formula is C18H27Cl2N3OS. The molecule has 1 aromatic heterocycles. The van der Waals surface area contributed by atoms with Crippen molar-refractivity contribution >= 4 is 42.1 Å². The van der Waals surface area contributed by atoms with E-state index in [0.29, 0.717) is 13.0 Å². The second kappa shape index (κ2) is 10.8. The number of nitrogens with zero attached hydrogens (tertiary/aromatic N) is 1. The van der Waals surface area contributed by atoms with Gasteiger partial charge in [0.15, 0.2) is 0 Å². The quantitative estimate of drug-likeness (QED) is 0.729. The molecule has 0 radical (unpaired) electrons. The molecular weight excluding hydrogens is 377 g/mol. The first-order chi connectivity index (χ1) is 11.0. The fourth-order valence-corrected chi connectivity index (χ4v) is 3.31. The molecule has 1 aromatic carbocycles. The zero-order valence-corrected chi connectivity index (χ0v) is 17.3. The number of amides is 1. The molecule has 4 nitrogen and oxygen atoms in total. The third-order valence-electron chi connectivity index (χ3n) is 4.34. The summed E-state index contributed by atoms with van der Waals surface area (Å²) in [6, 6.07) is 8.26. The Morgan fingerprint density at radius 3 is 2.32 bits per heavy atom. The van der Waals surface area contributed by atoms with E-state index in [1.54, 1.807) is 11.3 Å². The van der Waals surface area contributed by atoms with E-state index in [9.17, 15) is 4.79 Å². The molecule has 0 aliphatic heterocycles. The van der Waals surface area contributed by atoms with E-state index < -0.39 is 0 Å². The molecule has 0 saturated carbocycles. The fraction of sp³-hybridized carbons (Fsp3) is 0.444. The van der Waals surface area contributed by atoms with Gasteiger partial charge in [-0.3, -0.25) is 4.79 Å². The highest BCUT2D eigenvalue weighted by Crippen LogP contribution is 2.24. The third-order valence-corrected chi connectivity index (χ3v) is 5.28. The largest absolute Gasteiger partial charge is 0.349 e. The molecule has 0 aliphatic carbocycles. The molecule has 0 saturated heterocycles. The van der Waals surface area contributed by atoms with E-state index in [1.165, 1.54) is 5.56 Å². The molecule has 25 heavy (non-hydrogen) atoms.